The Morgan fingerprint density at radius 3 is 2.33 bits per heavy atom. The number of fused-ring (bicyclic) bond motifs is 1. The van der Waals surface area contributed by atoms with Crippen LogP contribution in [0.4, 0.5) is 0 Å². The van der Waals surface area contributed by atoms with Crippen LogP contribution in [0.3, 0.4) is 0 Å². The van der Waals surface area contributed by atoms with E-state index in [0.717, 1.165) is 12.0 Å². The van der Waals surface area contributed by atoms with E-state index in [1.807, 2.05) is 44.2 Å². The number of nitrogens with zero attached hydrogens (tertiary/aromatic N) is 1. The lowest BCUT2D eigenvalue weighted by atomic mass is 10.0. The summed E-state index contributed by atoms with van der Waals surface area (Å²) in [6, 6.07) is 12.1. The lowest BCUT2D eigenvalue weighted by Gasteiger charge is -2.32. The minimum atomic E-state index is -4.70. The minimum Gasteiger partial charge on any atom is -0.404 e. The first-order chi connectivity index (χ1) is 22.7. The Hall–Kier alpha value is -4.52. The van der Waals surface area contributed by atoms with Crippen molar-refractivity contribution in [2.75, 3.05) is 6.54 Å². The number of benzene rings is 2. The highest BCUT2D eigenvalue weighted by Crippen LogP contribution is 2.50. The van der Waals surface area contributed by atoms with Gasteiger partial charge in [-0.2, -0.15) is 0 Å². The van der Waals surface area contributed by atoms with E-state index in [-0.39, 0.29) is 42.9 Å². The SMILES string of the molecule is CC(C)C[C@H](NC(=O)/C=C/c1ccc(OP(=O)(O)O)cc1)C(=O)N1C[C@H]2C[C@H]2[C@H]1C(=O)N[C@@H](CCC(N)=O)C(=O)NCc1ccccc1. The molecule has 48 heavy (non-hydrogen) atoms. The molecular formula is C33H42N5O9P. The van der Waals surface area contributed by atoms with Gasteiger partial charge in [0.25, 0.3) is 0 Å². The van der Waals surface area contributed by atoms with Crippen molar-refractivity contribution >= 4 is 43.4 Å². The molecule has 2 aromatic carbocycles. The molecule has 14 nitrogen and oxygen atoms in total. The van der Waals surface area contributed by atoms with Crippen molar-refractivity contribution in [1.82, 2.24) is 20.9 Å². The van der Waals surface area contributed by atoms with Gasteiger partial charge in [0, 0.05) is 25.6 Å². The zero-order valence-electron chi connectivity index (χ0n) is 26.8. The Kier molecular flexibility index (Phi) is 12.1. The normalized spacial score (nSPS) is 19.7. The van der Waals surface area contributed by atoms with Crippen LogP contribution in [-0.2, 0) is 35.1 Å². The van der Waals surface area contributed by atoms with E-state index in [0.29, 0.717) is 18.5 Å². The maximum atomic E-state index is 13.9. The summed E-state index contributed by atoms with van der Waals surface area (Å²) < 4.78 is 15.5. The van der Waals surface area contributed by atoms with E-state index < -0.39 is 55.5 Å². The second-order valence-electron chi connectivity index (χ2n) is 12.5. The van der Waals surface area contributed by atoms with E-state index >= 15 is 0 Å². The number of nitrogens with one attached hydrogen (secondary N) is 3. The molecule has 0 aromatic heterocycles. The van der Waals surface area contributed by atoms with Crippen LogP contribution in [0.25, 0.3) is 6.08 Å². The summed E-state index contributed by atoms with van der Waals surface area (Å²) in [7, 11) is -4.70. The third-order valence-corrected chi connectivity index (χ3v) is 8.63. The van der Waals surface area contributed by atoms with E-state index in [1.165, 1.54) is 41.3 Å². The van der Waals surface area contributed by atoms with Gasteiger partial charge in [0.2, 0.25) is 29.5 Å². The fraction of sp³-hybridized carbons (Fsp3) is 0.424. The molecule has 15 heteroatoms. The number of nitrogens with two attached hydrogens (primary N) is 1. The van der Waals surface area contributed by atoms with E-state index in [1.54, 1.807) is 0 Å². The molecule has 1 saturated heterocycles. The van der Waals surface area contributed by atoms with Gasteiger partial charge in [-0.1, -0.05) is 56.3 Å². The van der Waals surface area contributed by atoms with Gasteiger partial charge in [0.15, 0.2) is 0 Å². The number of phosphoric ester groups is 1. The van der Waals surface area contributed by atoms with Gasteiger partial charge in [0.05, 0.1) is 0 Å². The van der Waals surface area contributed by atoms with Crippen LogP contribution in [0.2, 0.25) is 0 Å². The zero-order chi connectivity index (χ0) is 35.0. The predicted molar refractivity (Wildman–Crippen MR) is 175 cm³/mol. The standard InChI is InChI=1S/C33H42N5O9P/c1-20(2)16-27(36-29(40)15-10-21-8-11-24(12-9-21)47-48(44,45)46)33(43)38-19-23-17-25(23)30(38)32(42)37-26(13-14-28(34)39)31(41)35-18-22-6-4-3-5-7-22/h3-12,15,20,23,25-27,30H,13-14,16-19H2,1-2H3,(H2,34,39)(H,35,41)(H,36,40)(H,37,42)(H2,44,45,46)/b15-10+/t23-,25-,26+,27+,30+/m1/s1. The second kappa shape index (κ2) is 16.1. The number of rotatable bonds is 16. The van der Waals surface area contributed by atoms with Gasteiger partial charge in [-0.15, -0.1) is 0 Å². The van der Waals surface area contributed by atoms with E-state index in [9.17, 15) is 28.5 Å². The van der Waals surface area contributed by atoms with Crippen LogP contribution in [0.5, 0.6) is 5.75 Å². The highest BCUT2D eigenvalue weighted by atomic mass is 31.2. The first-order valence-electron chi connectivity index (χ1n) is 15.7. The molecule has 1 saturated carbocycles. The van der Waals surface area contributed by atoms with Crippen LogP contribution in [0.15, 0.2) is 60.7 Å². The lowest BCUT2D eigenvalue weighted by Crippen LogP contribution is -2.57. The number of carbonyl (C=O) groups excluding carboxylic acids is 5. The van der Waals surface area contributed by atoms with Crippen LogP contribution in [-0.4, -0.2) is 68.9 Å². The summed E-state index contributed by atoms with van der Waals surface area (Å²) in [5.74, 6) is -2.49. The predicted octanol–water partition coefficient (Wildman–Crippen LogP) is 1.62. The number of primary amides is 1. The maximum Gasteiger partial charge on any atom is 0.524 e. The largest absolute Gasteiger partial charge is 0.524 e. The molecule has 5 atom stereocenters. The van der Waals surface area contributed by atoms with Crippen LogP contribution >= 0.6 is 7.82 Å². The molecule has 0 spiro atoms. The van der Waals surface area contributed by atoms with Gasteiger partial charge < -0.3 is 31.1 Å². The topological polar surface area (TPSA) is 217 Å². The molecule has 1 heterocycles. The van der Waals surface area contributed by atoms with Crippen LogP contribution in [0.1, 0.15) is 50.7 Å². The molecule has 0 bridgehead atoms. The fourth-order valence-electron chi connectivity index (χ4n) is 5.81. The Balaban J connectivity index is 1.42. The highest BCUT2D eigenvalue weighted by Gasteiger charge is 2.57. The number of phosphoric acid groups is 1. The highest BCUT2D eigenvalue weighted by molar-refractivity contribution is 7.46. The monoisotopic (exact) mass is 683 g/mol. The van der Waals surface area contributed by atoms with Crippen LogP contribution < -0.4 is 26.2 Å². The number of amides is 5. The van der Waals surface area contributed by atoms with E-state index in [4.69, 9.17) is 15.5 Å². The molecule has 0 unspecified atom stereocenters. The maximum absolute atomic E-state index is 13.9. The van der Waals surface area contributed by atoms with E-state index in [2.05, 4.69) is 20.5 Å². The Bertz CT molecular complexity index is 1560. The zero-order valence-corrected chi connectivity index (χ0v) is 27.7. The quantitative estimate of drug-likeness (QED) is 0.112. The molecular weight excluding hydrogens is 641 g/mol. The third kappa shape index (κ3) is 10.8. The first kappa shape index (κ1) is 36.3. The summed E-state index contributed by atoms with van der Waals surface area (Å²) >= 11 is 0. The van der Waals surface area contributed by atoms with Crippen molar-refractivity contribution in [3.63, 3.8) is 0 Å². The molecule has 1 aliphatic carbocycles. The smallest absolute Gasteiger partial charge is 0.404 e. The number of carbonyl (C=O) groups is 5. The van der Waals surface area contributed by atoms with Gasteiger partial charge in [-0.3, -0.25) is 33.8 Å². The average Bonchev–Trinajstić information content (AvgIpc) is 3.68. The van der Waals surface area contributed by atoms with Crippen molar-refractivity contribution in [2.24, 2.45) is 23.5 Å². The molecule has 2 aromatic rings. The number of likely N-dealkylation sites (tertiary alicyclic amines) is 1. The lowest BCUT2D eigenvalue weighted by molar-refractivity contribution is -0.143. The molecule has 7 N–H and O–H groups in total. The summed E-state index contributed by atoms with van der Waals surface area (Å²) in [4.78, 5) is 84.6. The Morgan fingerprint density at radius 1 is 1.02 bits per heavy atom. The number of hydrogen-bond acceptors (Lipinski definition) is 7. The Morgan fingerprint density at radius 2 is 1.71 bits per heavy atom. The Labute approximate surface area is 278 Å². The first-order valence-corrected chi connectivity index (χ1v) is 17.3. The molecule has 258 valence electrons. The number of piperidine rings is 1. The average molecular weight is 684 g/mol. The molecule has 2 aliphatic rings. The summed E-state index contributed by atoms with van der Waals surface area (Å²) in [6.45, 7) is 4.39. The van der Waals surface area contributed by atoms with Gasteiger partial charge in [-0.25, -0.2) is 4.57 Å². The third-order valence-electron chi connectivity index (χ3n) is 8.18. The summed E-state index contributed by atoms with van der Waals surface area (Å²) in [5, 5.41) is 8.32. The van der Waals surface area contributed by atoms with Crippen LogP contribution in [0, 0.1) is 17.8 Å². The van der Waals surface area contributed by atoms with Gasteiger partial charge in [0.1, 0.15) is 23.9 Å². The molecule has 4 rings (SSSR count). The van der Waals surface area contributed by atoms with Crippen molar-refractivity contribution in [3.05, 3.63) is 71.8 Å². The van der Waals surface area contributed by atoms with Crippen molar-refractivity contribution in [3.8, 4) is 5.75 Å². The van der Waals surface area contributed by atoms with Gasteiger partial charge >= 0.3 is 7.82 Å². The van der Waals surface area contributed by atoms with Crippen molar-refractivity contribution in [1.29, 1.82) is 0 Å². The second-order valence-corrected chi connectivity index (χ2v) is 13.7. The fourth-order valence-corrected chi connectivity index (χ4v) is 6.21. The molecule has 0 radical (unpaired) electrons. The van der Waals surface area contributed by atoms with Crippen molar-refractivity contribution < 1.29 is 42.8 Å². The molecule has 1 aliphatic heterocycles. The molecule has 2 fully saturated rings. The molecule has 5 amide bonds. The summed E-state index contributed by atoms with van der Waals surface area (Å²) in [5.41, 5.74) is 6.74. The summed E-state index contributed by atoms with van der Waals surface area (Å²) in [6.07, 6.45) is 3.66. The van der Waals surface area contributed by atoms with Crippen molar-refractivity contribution in [2.45, 2.75) is 64.2 Å². The minimum absolute atomic E-state index is 0.00571. The van der Waals surface area contributed by atoms with Gasteiger partial charge in [-0.05, 0) is 66.4 Å². The number of hydrogen-bond donors (Lipinski definition) is 6.